The van der Waals surface area contributed by atoms with Crippen molar-refractivity contribution < 1.29 is 14.3 Å². The topological polar surface area (TPSA) is 56.3 Å². The Kier molecular flexibility index (Phi) is 5.62. The highest BCUT2D eigenvalue weighted by Crippen LogP contribution is 2.21. The van der Waals surface area contributed by atoms with E-state index in [-0.39, 0.29) is 21.7 Å². The third-order valence-corrected chi connectivity index (χ3v) is 4.28. The molecule has 0 radical (unpaired) electrons. The molecule has 4 nitrogen and oxygen atoms in total. The summed E-state index contributed by atoms with van der Waals surface area (Å²) >= 11 is 11.7. The summed E-state index contributed by atoms with van der Waals surface area (Å²) in [7, 11) is 0. The zero-order chi connectivity index (χ0) is 18.0. The minimum Gasteiger partial charge on any atom is -0.449 e. The SMILES string of the molecule is Cc1cc(C)c(C(=O)C(C)OC(=O)c2nc(Cl)ccc2Cl)cc1C. The zero-order valence-electron chi connectivity index (χ0n) is 13.8. The van der Waals surface area contributed by atoms with Gasteiger partial charge in [-0.15, -0.1) is 0 Å². The van der Waals surface area contributed by atoms with E-state index < -0.39 is 12.1 Å². The van der Waals surface area contributed by atoms with Gasteiger partial charge >= 0.3 is 5.97 Å². The number of aryl methyl sites for hydroxylation is 3. The number of carbonyl (C=O) groups excluding carboxylic acids is 2. The molecule has 0 aliphatic carbocycles. The van der Waals surface area contributed by atoms with E-state index in [0.29, 0.717) is 5.56 Å². The first-order valence-corrected chi connectivity index (χ1v) is 8.11. The number of nitrogens with zero attached hydrogens (tertiary/aromatic N) is 1. The largest absolute Gasteiger partial charge is 0.449 e. The van der Waals surface area contributed by atoms with E-state index >= 15 is 0 Å². The van der Waals surface area contributed by atoms with Crippen LogP contribution in [0.15, 0.2) is 24.3 Å². The molecule has 1 unspecified atom stereocenters. The first-order valence-electron chi connectivity index (χ1n) is 7.35. The number of ketones is 1. The van der Waals surface area contributed by atoms with Gasteiger partial charge in [0.2, 0.25) is 5.78 Å². The second-order valence-corrected chi connectivity index (χ2v) is 6.42. The Morgan fingerprint density at radius 3 is 2.33 bits per heavy atom. The van der Waals surface area contributed by atoms with E-state index in [2.05, 4.69) is 4.98 Å². The molecule has 1 heterocycles. The number of halogens is 2. The van der Waals surface area contributed by atoms with Gasteiger partial charge in [-0.1, -0.05) is 29.3 Å². The average molecular weight is 366 g/mol. The number of Topliss-reactive ketones (excluding diaryl/α,β-unsaturated/α-hetero) is 1. The quantitative estimate of drug-likeness (QED) is 0.446. The molecule has 0 bridgehead atoms. The highest BCUT2D eigenvalue weighted by molar-refractivity contribution is 6.34. The number of rotatable bonds is 4. The molecule has 0 amide bonds. The molecule has 0 spiro atoms. The van der Waals surface area contributed by atoms with Crippen molar-refractivity contribution in [2.75, 3.05) is 0 Å². The predicted molar refractivity (Wildman–Crippen MR) is 94.1 cm³/mol. The summed E-state index contributed by atoms with van der Waals surface area (Å²) < 4.78 is 5.22. The molecule has 1 atom stereocenters. The number of pyridine rings is 1. The fourth-order valence-electron chi connectivity index (χ4n) is 2.28. The van der Waals surface area contributed by atoms with Crippen LogP contribution < -0.4 is 0 Å². The Hall–Kier alpha value is -1.91. The lowest BCUT2D eigenvalue weighted by Crippen LogP contribution is -2.26. The van der Waals surface area contributed by atoms with Crippen LogP contribution in [0.5, 0.6) is 0 Å². The number of ether oxygens (including phenoxy) is 1. The van der Waals surface area contributed by atoms with Crippen molar-refractivity contribution in [2.45, 2.75) is 33.8 Å². The molecule has 0 N–H and O–H groups in total. The highest BCUT2D eigenvalue weighted by atomic mass is 35.5. The Labute approximate surface area is 150 Å². The van der Waals surface area contributed by atoms with Crippen molar-refractivity contribution in [3.8, 4) is 0 Å². The Bertz CT molecular complexity index is 818. The van der Waals surface area contributed by atoms with Crippen molar-refractivity contribution in [2.24, 2.45) is 0 Å². The minimum atomic E-state index is -0.963. The Balaban J connectivity index is 2.21. The first-order chi connectivity index (χ1) is 11.2. The monoisotopic (exact) mass is 365 g/mol. The summed E-state index contributed by atoms with van der Waals surface area (Å²) in [6, 6.07) is 6.66. The molecular weight excluding hydrogens is 349 g/mol. The van der Waals surface area contributed by atoms with Crippen LogP contribution in [0.4, 0.5) is 0 Å². The third kappa shape index (κ3) is 3.94. The summed E-state index contributed by atoms with van der Waals surface area (Å²) in [5.41, 5.74) is 3.36. The van der Waals surface area contributed by atoms with Crippen LogP contribution in [0.3, 0.4) is 0 Å². The minimum absolute atomic E-state index is 0.111. The molecule has 126 valence electrons. The molecule has 0 saturated heterocycles. The average Bonchev–Trinajstić information content (AvgIpc) is 2.52. The van der Waals surface area contributed by atoms with E-state index in [9.17, 15) is 9.59 Å². The van der Waals surface area contributed by atoms with E-state index in [0.717, 1.165) is 16.7 Å². The van der Waals surface area contributed by atoms with Gasteiger partial charge in [0.15, 0.2) is 11.8 Å². The Morgan fingerprint density at radius 1 is 1.04 bits per heavy atom. The molecule has 2 rings (SSSR count). The van der Waals surface area contributed by atoms with Crippen molar-refractivity contribution in [1.29, 1.82) is 0 Å². The van der Waals surface area contributed by atoms with E-state index in [4.69, 9.17) is 27.9 Å². The number of hydrogen-bond donors (Lipinski definition) is 0. The standard InChI is InChI=1S/C18H17Cl2NO3/c1-9-7-11(3)13(8-10(9)2)17(22)12(4)24-18(23)16-14(19)5-6-15(20)21-16/h5-8,12H,1-4H3. The number of hydrogen-bond acceptors (Lipinski definition) is 4. The molecule has 0 fully saturated rings. The fourth-order valence-corrected chi connectivity index (χ4v) is 2.61. The van der Waals surface area contributed by atoms with Gasteiger partial charge in [0.05, 0.1) is 5.02 Å². The van der Waals surface area contributed by atoms with E-state index in [1.807, 2.05) is 32.9 Å². The van der Waals surface area contributed by atoms with Gasteiger partial charge in [-0.3, -0.25) is 4.79 Å². The molecular formula is C18H17Cl2NO3. The number of benzene rings is 1. The van der Waals surface area contributed by atoms with Crippen LogP contribution in [0, 0.1) is 20.8 Å². The van der Waals surface area contributed by atoms with Crippen molar-refractivity contribution in [1.82, 2.24) is 4.98 Å². The summed E-state index contributed by atoms with van der Waals surface area (Å²) in [5.74, 6) is -1.06. The van der Waals surface area contributed by atoms with Crippen LogP contribution in [-0.4, -0.2) is 22.8 Å². The van der Waals surface area contributed by atoms with Crippen molar-refractivity contribution >= 4 is 35.0 Å². The summed E-state index contributed by atoms with van der Waals surface area (Å²) in [5, 5.41) is 0.238. The van der Waals surface area contributed by atoms with Crippen molar-refractivity contribution in [3.05, 3.63) is 62.4 Å². The van der Waals surface area contributed by atoms with Crippen LogP contribution in [0.2, 0.25) is 10.2 Å². The van der Waals surface area contributed by atoms with Gasteiger partial charge in [-0.2, -0.15) is 0 Å². The van der Waals surface area contributed by atoms with E-state index in [1.165, 1.54) is 19.1 Å². The van der Waals surface area contributed by atoms with Gasteiger partial charge in [0, 0.05) is 5.56 Å². The van der Waals surface area contributed by atoms with Gasteiger partial charge < -0.3 is 4.74 Å². The van der Waals surface area contributed by atoms with E-state index in [1.54, 1.807) is 0 Å². The first kappa shape index (κ1) is 18.4. The molecule has 2 aromatic rings. The number of esters is 1. The summed E-state index contributed by atoms with van der Waals surface area (Å²) in [6.45, 7) is 7.28. The molecule has 0 aliphatic rings. The van der Waals surface area contributed by atoms with Crippen LogP contribution >= 0.6 is 23.2 Å². The highest BCUT2D eigenvalue weighted by Gasteiger charge is 2.24. The maximum atomic E-state index is 12.6. The molecule has 0 saturated carbocycles. The van der Waals surface area contributed by atoms with Crippen LogP contribution in [0.1, 0.15) is 44.5 Å². The third-order valence-electron chi connectivity index (χ3n) is 3.76. The van der Waals surface area contributed by atoms with Crippen molar-refractivity contribution in [3.63, 3.8) is 0 Å². The second-order valence-electron chi connectivity index (χ2n) is 5.63. The molecule has 1 aromatic heterocycles. The number of carbonyl (C=O) groups is 2. The maximum absolute atomic E-state index is 12.6. The molecule has 24 heavy (non-hydrogen) atoms. The van der Waals surface area contributed by atoms with Gasteiger partial charge in [-0.05, 0) is 62.6 Å². The number of aromatic nitrogens is 1. The lowest BCUT2D eigenvalue weighted by atomic mass is 9.96. The smallest absolute Gasteiger partial charge is 0.359 e. The summed E-state index contributed by atoms with van der Waals surface area (Å²) in [6.07, 6.45) is -0.963. The van der Waals surface area contributed by atoms with Gasteiger partial charge in [0.1, 0.15) is 5.15 Å². The molecule has 0 aliphatic heterocycles. The lowest BCUT2D eigenvalue weighted by molar-refractivity contribution is 0.0313. The molecule has 6 heteroatoms. The normalized spacial score (nSPS) is 11.9. The van der Waals surface area contributed by atoms with Crippen LogP contribution in [0.25, 0.3) is 0 Å². The van der Waals surface area contributed by atoms with Crippen LogP contribution in [-0.2, 0) is 4.74 Å². The lowest BCUT2D eigenvalue weighted by Gasteiger charge is -2.15. The second kappa shape index (κ2) is 7.32. The predicted octanol–water partition coefficient (Wildman–Crippen LogP) is 4.74. The Morgan fingerprint density at radius 2 is 1.67 bits per heavy atom. The summed E-state index contributed by atoms with van der Waals surface area (Å²) in [4.78, 5) is 28.6. The molecule has 1 aromatic carbocycles. The van der Waals surface area contributed by atoms with Gasteiger partial charge in [-0.25, -0.2) is 9.78 Å². The maximum Gasteiger partial charge on any atom is 0.359 e. The zero-order valence-corrected chi connectivity index (χ0v) is 15.3. The fraction of sp³-hybridized carbons (Fsp3) is 0.278. The van der Waals surface area contributed by atoms with Gasteiger partial charge in [0.25, 0.3) is 0 Å².